The first kappa shape index (κ1) is 14.6. The van der Waals surface area contributed by atoms with Gasteiger partial charge in [0.1, 0.15) is 0 Å². The van der Waals surface area contributed by atoms with E-state index in [1.807, 2.05) is 73.6 Å². The standard InChI is InChI=1S/C18H20N2O2/c1-19(2)16-10-6-9-15(13-16)17(21)20-11-12-22-18(20)14-7-4-3-5-8-14/h3-10,13,18H,11-12H2,1-2H3. The fourth-order valence-corrected chi connectivity index (χ4v) is 2.65. The van der Waals surface area contributed by atoms with Gasteiger partial charge in [-0.05, 0) is 18.2 Å². The monoisotopic (exact) mass is 296 g/mol. The highest BCUT2D eigenvalue weighted by molar-refractivity contribution is 5.95. The molecule has 2 aromatic carbocycles. The summed E-state index contributed by atoms with van der Waals surface area (Å²) in [5.74, 6) is 0.00931. The average Bonchev–Trinajstić information content (AvgIpc) is 3.04. The quantitative estimate of drug-likeness (QED) is 0.873. The number of amides is 1. The van der Waals surface area contributed by atoms with Gasteiger partial charge in [0.05, 0.1) is 6.61 Å². The number of rotatable bonds is 3. The van der Waals surface area contributed by atoms with E-state index in [4.69, 9.17) is 4.74 Å². The summed E-state index contributed by atoms with van der Waals surface area (Å²) in [6.07, 6.45) is -0.295. The predicted molar refractivity (Wildman–Crippen MR) is 86.9 cm³/mol. The first-order chi connectivity index (χ1) is 10.7. The molecule has 1 fully saturated rings. The highest BCUT2D eigenvalue weighted by Gasteiger charge is 2.31. The van der Waals surface area contributed by atoms with Gasteiger partial charge in [-0.2, -0.15) is 0 Å². The Balaban J connectivity index is 1.86. The van der Waals surface area contributed by atoms with Gasteiger partial charge in [0.25, 0.3) is 5.91 Å². The number of anilines is 1. The Kier molecular flexibility index (Phi) is 4.11. The lowest BCUT2D eigenvalue weighted by Crippen LogP contribution is -2.31. The number of carbonyl (C=O) groups excluding carboxylic acids is 1. The van der Waals surface area contributed by atoms with Crippen LogP contribution in [0.1, 0.15) is 22.1 Å². The van der Waals surface area contributed by atoms with Gasteiger partial charge in [-0.25, -0.2) is 0 Å². The first-order valence-electron chi connectivity index (χ1n) is 7.42. The summed E-state index contributed by atoms with van der Waals surface area (Å²) < 4.78 is 5.77. The topological polar surface area (TPSA) is 32.8 Å². The average molecular weight is 296 g/mol. The summed E-state index contributed by atoms with van der Waals surface area (Å²) in [6, 6.07) is 17.6. The van der Waals surface area contributed by atoms with Crippen LogP contribution in [0.2, 0.25) is 0 Å². The second-order valence-corrected chi connectivity index (χ2v) is 5.58. The van der Waals surface area contributed by atoms with E-state index in [9.17, 15) is 4.79 Å². The fourth-order valence-electron chi connectivity index (χ4n) is 2.65. The van der Waals surface area contributed by atoms with E-state index in [1.54, 1.807) is 4.90 Å². The Morgan fingerprint density at radius 2 is 1.91 bits per heavy atom. The van der Waals surface area contributed by atoms with Crippen molar-refractivity contribution in [2.75, 3.05) is 32.1 Å². The van der Waals surface area contributed by atoms with E-state index >= 15 is 0 Å². The van der Waals surface area contributed by atoms with Crippen molar-refractivity contribution in [3.05, 3.63) is 65.7 Å². The minimum atomic E-state index is -0.295. The van der Waals surface area contributed by atoms with Crippen LogP contribution in [-0.4, -0.2) is 38.1 Å². The molecule has 1 saturated heterocycles. The molecule has 0 aromatic heterocycles. The lowest BCUT2D eigenvalue weighted by molar-refractivity contribution is 0.0272. The van der Waals surface area contributed by atoms with Crippen LogP contribution in [0.3, 0.4) is 0 Å². The second kappa shape index (κ2) is 6.20. The number of benzene rings is 2. The smallest absolute Gasteiger partial charge is 0.256 e. The maximum Gasteiger partial charge on any atom is 0.256 e. The number of hydrogen-bond donors (Lipinski definition) is 0. The molecule has 1 unspecified atom stereocenters. The fraction of sp³-hybridized carbons (Fsp3) is 0.278. The molecule has 2 aromatic rings. The number of nitrogens with zero attached hydrogens (tertiary/aromatic N) is 2. The molecule has 0 N–H and O–H groups in total. The van der Waals surface area contributed by atoms with E-state index in [2.05, 4.69) is 0 Å². The summed E-state index contributed by atoms with van der Waals surface area (Å²) in [4.78, 5) is 16.6. The molecule has 4 heteroatoms. The SMILES string of the molecule is CN(C)c1cccc(C(=O)N2CCOC2c2ccccc2)c1. The summed E-state index contributed by atoms with van der Waals surface area (Å²) >= 11 is 0. The predicted octanol–water partition coefficient (Wildman–Crippen LogP) is 2.92. The van der Waals surface area contributed by atoms with Crippen LogP contribution in [0, 0.1) is 0 Å². The minimum Gasteiger partial charge on any atom is -0.378 e. The van der Waals surface area contributed by atoms with E-state index in [-0.39, 0.29) is 12.1 Å². The third-order valence-electron chi connectivity index (χ3n) is 3.85. The normalized spacial score (nSPS) is 17.5. The zero-order valence-electron chi connectivity index (χ0n) is 12.9. The Bertz CT molecular complexity index is 655. The van der Waals surface area contributed by atoms with E-state index in [0.29, 0.717) is 18.7 Å². The second-order valence-electron chi connectivity index (χ2n) is 5.58. The van der Waals surface area contributed by atoms with Crippen molar-refractivity contribution >= 4 is 11.6 Å². The first-order valence-corrected chi connectivity index (χ1v) is 7.42. The zero-order valence-corrected chi connectivity index (χ0v) is 12.9. The molecule has 1 amide bonds. The van der Waals surface area contributed by atoms with Crippen molar-refractivity contribution in [1.82, 2.24) is 4.90 Å². The van der Waals surface area contributed by atoms with Gasteiger partial charge < -0.3 is 14.5 Å². The number of carbonyl (C=O) groups is 1. The van der Waals surface area contributed by atoms with Crippen LogP contribution in [-0.2, 0) is 4.74 Å². The summed E-state index contributed by atoms with van der Waals surface area (Å²) in [6.45, 7) is 1.18. The third kappa shape index (κ3) is 2.83. The van der Waals surface area contributed by atoms with Gasteiger partial charge >= 0.3 is 0 Å². The third-order valence-corrected chi connectivity index (χ3v) is 3.85. The van der Waals surface area contributed by atoms with E-state index < -0.39 is 0 Å². The molecule has 0 saturated carbocycles. The van der Waals surface area contributed by atoms with Crippen LogP contribution in [0.25, 0.3) is 0 Å². The molecule has 1 aliphatic heterocycles. The summed E-state index contributed by atoms with van der Waals surface area (Å²) in [5, 5.41) is 0. The Morgan fingerprint density at radius 3 is 2.64 bits per heavy atom. The number of ether oxygens (including phenoxy) is 1. The Labute approximate surface area is 130 Å². The molecule has 1 atom stereocenters. The van der Waals surface area contributed by atoms with Crippen LogP contribution < -0.4 is 4.90 Å². The lowest BCUT2D eigenvalue weighted by Gasteiger charge is -2.24. The lowest BCUT2D eigenvalue weighted by atomic mass is 10.1. The van der Waals surface area contributed by atoms with Gasteiger partial charge in [0, 0.05) is 37.5 Å². The molecule has 0 spiro atoms. The molecule has 1 heterocycles. The van der Waals surface area contributed by atoms with Crippen LogP contribution in [0.5, 0.6) is 0 Å². The molecular weight excluding hydrogens is 276 g/mol. The van der Waals surface area contributed by atoms with Crippen molar-refractivity contribution in [2.45, 2.75) is 6.23 Å². The highest BCUT2D eigenvalue weighted by atomic mass is 16.5. The molecule has 3 rings (SSSR count). The van der Waals surface area contributed by atoms with Crippen molar-refractivity contribution in [1.29, 1.82) is 0 Å². The van der Waals surface area contributed by atoms with Crippen LogP contribution in [0.4, 0.5) is 5.69 Å². The van der Waals surface area contributed by atoms with Crippen LogP contribution in [0.15, 0.2) is 54.6 Å². The maximum atomic E-state index is 12.8. The van der Waals surface area contributed by atoms with Gasteiger partial charge in [-0.3, -0.25) is 4.79 Å². The molecule has 0 radical (unpaired) electrons. The van der Waals surface area contributed by atoms with E-state index in [1.165, 1.54) is 0 Å². The largest absolute Gasteiger partial charge is 0.378 e. The molecule has 0 bridgehead atoms. The van der Waals surface area contributed by atoms with Crippen molar-refractivity contribution in [3.63, 3.8) is 0 Å². The maximum absolute atomic E-state index is 12.8. The molecule has 4 nitrogen and oxygen atoms in total. The van der Waals surface area contributed by atoms with Crippen molar-refractivity contribution in [2.24, 2.45) is 0 Å². The van der Waals surface area contributed by atoms with Gasteiger partial charge in [-0.15, -0.1) is 0 Å². The molecule has 22 heavy (non-hydrogen) atoms. The molecular formula is C18H20N2O2. The van der Waals surface area contributed by atoms with E-state index in [0.717, 1.165) is 11.3 Å². The molecule has 0 aliphatic carbocycles. The molecule has 114 valence electrons. The Morgan fingerprint density at radius 1 is 1.14 bits per heavy atom. The number of hydrogen-bond acceptors (Lipinski definition) is 3. The van der Waals surface area contributed by atoms with Gasteiger partial charge in [0.2, 0.25) is 0 Å². The van der Waals surface area contributed by atoms with Gasteiger partial charge in [-0.1, -0.05) is 36.4 Å². The molecule has 1 aliphatic rings. The zero-order chi connectivity index (χ0) is 15.5. The van der Waals surface area contributed by atoms with Crippen molar-refractivity contribution in [3.8, 4) is 0 Å². The summed E-state index contributed by atoms with van der Waals surface area (Å²) in [7, 11) is 3.94. The van der Waals surface area contributed by atoms with Gasteiger partial charge in [0.15, 0.2) is 6.23 Å². The minimum absolute atomic E-state index is 0.00931. The Hall–Kier alpha value is -2.33. The summed E-state index contributed by atoms with van der Waals surface area (Å²) in [5.41, 5.74) is 2.72. The highest BCUT2D eigenvalue weighted by Crippen LogP contribution is 2.28. The van der Waals surface area contributed by atoms with Crippen LogP contribution >= 0.6 is 0 Å². The van der Waals surface area contributed by atoms with Crippen molar-refractivity contribution < 1.29 is 9.53 Å².